The van der Waals surface area contributed by atoms with Crippen molar-refractivity contribution in [1.29, 1.82) is 0 Å². The van der Waals surface area contributed by atoms with Crippen LogP contribution in [0, 0.1) is 13.8 Å². The van der Waals surface area contributed by atoms with Crippen LogP contribution in [0.2, 0.25) is 0 Å². The maximum atomic E-state index is 14.5. The molecule has 0 unspecified atom stereocenters. The lowest BCUT2D eigenvalue weighted by atomic mass is 9.78. The van der Waals surface area contributed by atoms with E-state index >= 15 is 0 Å². The SMILES string of the molecule is Cc1cc(C(C)(C)C)c(OP(=O)(Oc2c(C(C)(C)C)cc(C)cc2C(C)(C)C)OP(=O)(O)O)c(C(C)(C)C)c1. The van der Waals surface area contributed by atoms with Gasteiger partial charge in [0.2, 0.25) is 0 Å². The van der Waals surface area contributed by atoms with E-state index in [2.05, 4.69) is 0 Å². The van der Waals surface area contributed by atoms with Crippen molar-refractivity contribution >= 4 is 15.6 Å². The van der Waals surface area contributed by atoms with E-state index in [4.69, 9.17) is 13.4 Å². The minimum absolute atomic E-state index is 0.235. The van der Waals surface area contributed by atoms with Crippen molar-refractivity contribution in [2.75, 3.05) is 0 Å². The van der Waals surface area contributed by atoms with E-state index in [0.717, 1.165) is 33.4 Å². The molecule has 7 nitrogen and oxygen atoms in total. The summed E-state index contributed by atoms with van der Waals surface area (Å²) in [5, 5.41) is 0. The Morgan fingerprint density at radius 1 is 0.538 bits per heavy atom. The lowest BCUT2D eigenvalue weighted by molar-refractivity contribution is 0.230. The summed E-state index contributed by atoms with van der Waals surface area (Å²) in [5.74, 6) is 0.471. The van der Waals surface area contributed by atoms with E-state index in [-0.39, 0.29) is 11.5 Å². The van der Waals surface area contributed by atoms with E-state index < -0.39 is 37.3 Å². The van der Waals surface area contributed by atoms with Gasteiger partial charge in [-0.3, -0.25) is 0 Å². The van der Waals surface area contributed by atoms with Crippen molar-refractivity contribution in [3.63, 3.8) is 0 Å². The van der Waals surface area contributed by atoms with Crippen molar-refractivity contribution in [2.24, 2.45) is 0 Å². The van der Waals surface area contributed by atoms with Crippen LogP contribution < -0.4 is 9.05 Å². The van der Waals surface area contributed by atoms with Crippen LogP contribution in [-0.4, -0.2) is 9.79 Å². The summed E-state index contributed by atoms with van der Waals surface area (Å²) < 4.78 is 43.9. The molecule has 0 atom stereocenters. The zero-order chi connectivity index (χ0) is 30.6. The van der Waals surface area contributed by atoms with Crippen molar-refractivity contribution in [2.45, 2.75) is 119 Å². The van der Waals surface area contributed by atoms with Gasteiger partial charge in [-0.15, -0.1) is 0 Å². The van der Waals surface area contributed by atoms with Gasteiger partial charge in [-0.05, 0) is 35.5 Å². The van der Waals surface area contributed by atoms with Gasteiger partial charge >= 0.3 is 15.6 Å². The highest BCUT2D eigenvalue weighted by Crippen LogP contribution is 2.63. The largest absolute Gasteiger partial charge is 0.596 e. The number of hydrogen-bond donors (Lipinski definition) is 2. The third-order valence-corrected chi connectivity index (χ3v) is 8.77. The van der Waals surface area contributed by atoms with E-state index in [1.54, 1.807) is 0 Å². The van der Waals surface area contributed by atoms with Crippen LogP contribution >= 0.6 is 15.6 Å². The molecular formula is C30H48O7P2. The van der Waals surface area contributed by atoms with E-state index in [0.29, 0.717) is 0 Å². The maximum Gasteiger partial charge on any atom is 0.596 e. The first-order chi connectivity index (χ1) is 17.1. The molecule has 2 aromatic rings. The van der Waals surface area contributed by atoms with Gasteiger partial charge in [0.25, 0.3) is 0 Å². The highest BCUT2D eigenvalue weighted by molar-refractivity contribution is 7.61. The van der Waals surface area contributed by atoms with E-state index in [9.17, 15) is 18.9 Å². The second-order valence-electron chi connectivity index (χ2n) is 14.6. The first-order valence-corrected chi connectivity index (χ1v) is 16.2. The fourth-order valence-corrected chi connectivity index (χ4v) is 6.56. The van der Waals surface area contributed by atoms with Gasteiger partial charge < -0.3 is 18.8 Å². The minimum Gasteiger partial charge on any atom is -0.394 e. The second-order valence-corrected chi connectivity index (χ2v) is 17.5. The van der Waals surface area contributed by atoms with Gasteiger partial charge in [0.05, 0.1) is 0 Å². The summed E-state index contributed by atoms with van der Waals surface area (Å²) in [7, 11) is -10.3. The first-order valence-electron chi connectivity index (χ1n) is 13.2. The first kappa shape index (κ1) is 33.6. The van der Waals surface area contributed by atoms with Crippen LogP contribution in [0.25, 0.3) is 0 Å². The Kier molecular flexibility index (Phi) is 9.17. The second kappa shape index (κ2) is 10.7. The minimum atomic E-state index is -5.32. The van der Waals surface area contributed by atoms with E-state index in [1.807, 2.05) is 121 Å². The zero-order valence-corrected chi connectivity index (χ0v) is 27.9. The van der Waals surface area contributed by atoms with Gasteiger partial charge in [-0.2, -0.15) is 4.31 Å². The van der Waals surface area contributed by atoms with Gasteiger partial charge in [-0.1, -0.05) is 118 Å². The van der Waals surface area contributed by atoms with Crippen LogP contribution in [0.5, 0.6) is 11.5 Å². The molecule has 0 aliphatic rings. The average molecular weight is 583 g/mol. The predicted octanol–water partition coefficient (Wildman–Crippen LogP) is 9.17. The van der Waals surface area contributed by atoms with Crippen LogP contribution in [0.3, 0.4) is 0 Å². The molecule has 0 fully saturated rings. The predicted molar refractivity (Wildman–Crippen MR) is 159 cm³/mol. The lowest BCUT2D eigenvalue weighted by Gasteiger charge is -2.33. The lowest BCUT2D eigenvalue weighted by Crippen LogP contribution is -2.22. The number of phosphoric acid groups is 2. The third-order valence-electron chi connectivity index (χ3n) is 6.31. The molecule has 0 aromatic heterocycles. The standard InChI is InChI=1S/C30H48O7P2/c1-19-15-21(27(3,4)5)25(22(16-19)28(6,7)8)35-39(34,37-38(31,32)33)36-26-23(29(9,10)11)17-20(2)18-24(26)30(12,13)14/h15-18H,1-14H3,(H2,31,32,33). The zero-order valence-electron chi connectivity index (χ0n) is 26.1. The molecule has 9 heteroatoms. The highest BCUT2D eigenvalue weighted by atomic mass is 31.3. The fraction of sp³-hybridized carbons (Fsp3) is 0.600. The summed E-state index contributed by atoms with van der Waals surface area (Å²) in [6, 6.07) is 7.72. The third kappa shape index (κ3) is 8.68. The summed E-state index contributed by atoms with van der Waals surface area (Å²) in [4.78, 5) is 19.7. The molecule has 2 rings (SSSR count). The molecule has 220 valence electrons. The Morgan fingerprint density at radius 2 is 0.769 bits per heavy atom. The molecule has 0 aliphatic carbocycles. The maximum absolute atomic E-state index is 14.5. The van der Waals surface area contributed by atoms with Crippen LogP contribution in [-0.2, 0) is 35.1 Å². The Hall–Kier alpha value is -1.62. The molecule has 2 aromatic carbocycles. The molecule has 0 saturated carbocycles. The number of aryl methyl sites for hydroxylation is 2. The summed E-state index contributed by atoms with van der Waals surface area (Å²) in [6.07, 6.45) is 0. The normalized spacial score (nSPS) is 13.9. The smallest absolute Gasteiger partial charge is 0.394 e. The molecule has 0 aliphatic heterocycles. The molecule has 2 N–H and O–H groups in total. The molecule has 0 spiro atoms. The molecular weight excluding hydrogens is 534 g/mol. The van der Waals surface area contributed by atoms with Crippen molar-refractivity contribution in [3.05, 3.63) is 57.6 Å². The van der Waals surface area contributed by atoms with Gasteiger partial charge in [0, 0.05) is 22.3 Å². The topological polar surface area (TPSA) is 102 Å². The Bertz CT molecular complexity index is 1150. The Labute approximate surface area is 235 Å². The van der Waals surface area contributed by atoms with Crippen molar-refractivity contribution in [1.82, 2.24) is 0 Å². The van der Waals surface area contributed by atoms with Crippen LogP contribution in [0.1, 0.15) is 116 Å². The number of phosphoric ester groups is 1. The molecule has 39 heavy (non-hydrogen) atoms. The average Bonchev–Trinajstić information content (AvgIpc) is 2.65. The van der Waals surface area contributed by atoms with Gasteiger partial charge in [0.1, 0.15) is 11.5 Å². The summed E-state index contributed by atoms with van der Waals surface area (Å²) in [6.45, 7) is 27.8. The fourth-order valence-electron chi connectivity index (χ4n) is 4.38. The Morgan fingerprint density at radius 3 is 0.949 bits per heavy atom. The van der Waals surface area contributed by atoms with Crippen LogP contribution in [0.4, 0.5) is 0 Å². The monoisotopic (exact) mass is 582 g/mol. The number of rotatable bonds is 6. The summed E-state index contributed by atoms with van der Waals surface area (Å²) in [5.41, 5.74) is 3.04. The van der Waals surface area contributed by atoms with E-state index in [1.165, 1.54) is 0 Å². The quantitative estimate of drug-likeness (QED) is 0.327. The van der Waals surface area contributed by atoms with Crippen LogP contribution in [0.15, 0.2) is 24.3 Å². The Balaban J connectivity index is 2.97. The molecule has 0 bridgehead atoms. The number of hydrogen-bond acceptors (Lipinski definition) is 5. The van der Waals surface area contributed by atoms with Crippen molar-refractivity contribution < 1.29 is 32.3 Å². The molecule has 0 saturated heterocycles. The van der Waals surface area contributed by atoms with Crippen molar-refractivity contribution in [3.8, 4) is 11.5 Å². The highest BCUT2D eigenvalue weighted by Gasteiger charge is 2.44. The molecule has 0 heterocycles. The summed E-state index contributed by atoms with van der Waals surface area (Å²) >= 11 is 0. The molecule has 0 radical (unpaired) electrons. The van der Waals surface area contributed by atoms with Gasteiger partial charge in [-0.25, -0.2) is 9.13 Å². The van der Waals surface area contributed by atoms with Gasteiger partial charge in [0.15, 0.2) is 0 Å². The number of benzene rings is 2. The molecule has 0 amide bonds.